The minimum absolute atomic E-state index is 0.101. The fraction of sp³-hybridized carbons (Fsp3) is 0.100. The predicted molar refractivity (Wildman–Crippen MR) is 57.9 cm³/mol. The molecule has 0 amide bonds. The lowest BCUT2D eigenvalue weighted by Gasteiger charge is -1.97. The van der Waals surface area contributed by atoms with Crippen LogP contribution in [0.25, 0.3) is 0 Å². The van der Waals surface area contributed by atoms with E-state index in [-0.39, 0.29) is 5.78 Å². The second-order valence-corrected chi connectivity index (χ2v) is 3.88. The number of rotatable bonds is 4. The van der Waals surface area contributed by atoms with Crippen molar-refractivity contribution >= 4 is 17.5 Å². The summed E-state index contributed by atoms with van der Waals surface area (Å²) in [6.07, 6.45) is 1.60. The fourth-order valence-corrected chi connectivity index (χ4v) is 1.79. The SMILES string of the molecule is O=C(CSc1cn[nH]n1)c1ccccc1. The highest BCUT2D eigenvalue weighted by Gasteiger charge is 2.06. The molecule has 0 aliphatic carbocycles. The monoisotopic (exact) mass is 219 g/mol. The van der Waals surface area contributed by atoms with Gasteiger partial charge in [0, 0.05) is 5.56 Å². The van der Waals surface area contributed by atoms with Gasteiger partial charge in [0.25, 0.3) is 0 Å². The first kappa shape index (κ1) is 9.92. The van der Waals surface area contributed by atoms with Crippen LogP contribution in [0.2, 0.25) is 0 Å². The van der Waals surface area contributed by atoms with Gasteiger partial charge in [-0.1, -0.05) is 42.1 Å². The molecular weight excluding hydrogens is 210 g/mol. The molecule has 0 aliphatic rings. The van der Waals surface area contributed by atoms with Gasteiger partial charge < -0.3 is 0 Å². The van der Waals surface area contributed by atoms with Gasteiger partial charge in [-0.25, -0.2) is 0 Å². The van der Waals surface area contributed by atoms with E-state index in [0.29, 0.717) is 5.75 Å². The van der Waals surface area contributed by atoms with Crippen LogP contribution in [-0.2, 0) is 0 Å². The molecule has 0 saturated carbocycles. The molecule has 0 saturated heterocycles. The molecule has 1 heterocycles. The van der Waals surface area contributed by atoms with Crippen LogP contribution in [0.15, 0.2) is 41.6 Å². The summed E-state index contributed by atoms with van der Waals surface area (Å²) in [5.74, 6) is 0.486. The highest BCUT2D eigenvalue weighted by molar-refractivity contribution is 7.99. The molecule has 0 aliphatic heterocycles. The number of H-pyrrole nitrogens is 1. The van der Waals surface area contributed by atoms with Crippen molar-refractivity contribution in [2.75, 3.05) is 5.75 Å². The largest absolute Gasteiger partial charge is 0.293 e. The van der Waals surface area contributed by atoms with Crippen LogP contribution in [0.3, 0.4) is 0 Å². The van der Waals surface area contributed by atoms with Gasteiger partial charge in [-0.05, 0) is 0 Å². The van der Waals surface area contributed by atoms with Crippen LogP contribution in [0.1, 0.15) is 10.4 Å². The first-order chi connectivity index (χ1) is 7.36. The maximum Gasteiger partial charge on any atom is 0.173 e. The van der Waals surface area contributed by atoms with Crippen molar-refractivity contribution in [3.63, 3.8) is 0 Å². The molecule has 1 aromatic carbocycles. The number of aromatic amines is 1. The van der Waals surface area contributed by atoms with Crippen LogP contribution < -0.4 is 0 Å². The standard InChI is InChI=1S/C10H9N3OS/c14-9(8-4-2-1-3-5-8)7-15-10-6-11-13-12-10/h1-6H,7H2,(H,11,12,13). The van der Waals surface area contributed by atoms with E-state index >= 15 is 0 Å². The minimum atomic E-state index is 0.101. The lowest BCUT2D eigenvalue weighted by atomic mass is 10.2. The highest BCUT2D eigenvalue weighted by atomic mass is 32.2. The number of nitrogens with one attached hydrogen (secondary N) is 1. The van der Waals surface area contributed by atoms with Gasteiger partial charge >= 0.3 is 0 Å². The van der Waals surface area contributed by atoms with Gasteiger partial charge in [-0.3, -0.25) is 4.79 Å². The number of thioether (sulfide) groups is 1. The van der Waals surface area contributed by atoms with Crippen molar-refractivity contribution in [2.45, 2.75) is 5.03 Å². The number of aromatic nitrogens is 3. The van der Waals surface area contributed by atoms with Crippen LogP contribution in [-0.4, -0.2) is 26.9 Å². The van der Waals surface area contributed by atoms with Crippen molar-refractivity contribution in [3.05, 3.63) is 42.1 Å². The van der Waals surface area contributed by atoms with E-state index in [1.807, 2.05) is 30.3 Å². The van der Waals surface area contributed by atoms with Gasteiger partial charge in [0.1, 0.15) is 5.03 Å². The molecule has 0 radical (unpaired) electrons. The zero-order chi connectivity index (χ0) is 10.5. The molecular formula is C10H9N3OS. The topological polar surface area (TPSA) is 58.6 Å². The van der Waals surface area contributed by atoms with E-state index in [9.17, 15) is 4.79 Å². The van der Waals surface area contributed by atoms with Gasteiger partial charge in [-0.2, -0.15) is 10.3 Å². The van der Waals surface area contributed by atoms with Crippen molar-refractivity contribution in [3.8, 4) is 0 Å². The quantitative estimate of drug-likeness (QED) is 0.629. The number of hydrogen-bond acceptors (Lipinski definition) is 4. The Bertz CT molecular complexity index is 427. The average Bonchev–Trinajstić information content (AvgIpc) is 2.80. The van der Waals surface area contributed by atoms with Gasteiger partial charge in [0.2, 0.25) is 0 Å². The minimum Gasteiger partial charge on any atom is -0.293 e. The maximum atomic E-state index is 11.7. The van der Waals surface area contributed by atoms with E-state index in [2.05, 4.69) is 15.4 Å². The zero-order valence-electron chi connectivity index (χ0n) is 7.88. The average molecular weight is 219 g/mol. The molecule has 0 unspecified atom stereocenters. The molecule has 4 nitrogen and oxygen atoms in total. The van der Waals surface area contributed by atoms with E-state index in [0.717, 1.165) is 10.6 Å². The molecule has 0 fully saturated rings. The van der Waals surface area contributed by atoms with Gasteiger partial charge in [0.05, 0.1) is 11.9 Å². The smallest absolute Gasteiger partial charge is 0.173 e. The first-order valence-corrected chi connectivity index (χ1v) is 5.41. The lowest BCUT2D eigenvalue weighted by Crippen LogP contribution is -2.01. The number of benzene rings is 1. The molecule has 1 N–H and O–H groups in total. The summed E-state index contributed by atoms with van der Waals surface area (Å²) in [6, 6.07) is 9.22. The molecule has 1 aromatic heterocycles. The number of carbonyl (C=O) groups excluding carboxylic acids is 1. The third-order valence-corrected chi connectivity index (χ3v) is 2.74. The second kappa shape index (κ2) is 4.75. The Labute approximate surface area is 91.1 Å². The second-order valence-electron chi connectivity index (χ2n) is 2.89. The molecule has 5 heteroatoms. The molecule has 0 spiro atoms. The first-order valence-electron chi connectivity index (χ1n) is 4.43. The fourth-order valence-electron chi connectivity index (χ4n) is 1.11. The van der Waals surface area contributed by atoms with E-state index in [1.165, 1.54) is 11.8 Å². The Morgan fingerprint density at radius 3 is 2.80 bits per heavy atom. The van der Waals surface area contributed by atoms with Crippen LogP contribution in [0.5, 0.6) is 0 Å². The third-order valence-electron chi connectivity index (χ3n) is 1.84. The van der Waals surface area contributed by atoms with E-state index in [4.69, 9.17) is 0 Å². The Morgan fingerprint density at radius 2 is 2.13 bits per heavy atom. The maximum absolute atomic E-state index is 11.7. The Morgan fingerprint density at radius 1 is 1.33 bits per heavy atom. The number of hydrogen-bond donors (Lipinski definition) is 1. The summed E-state index contributed by atoms with van der Waals surface area (Å²) < 4.78 is 0. The number of ketones is 1. The summed E-state index contributed by atoms with van der Waals surface area (Å²) in [5, 5.41) is 10.8. The zero-order valence-corrected chi connectivity index (χ0v) is 8.70. The molecule has 76 valence electrons. The van der Waals surface area contributed by atoms with E-state index in [1.54, 1.807) is 6.20 Å². The van der Waals surface area contributed by atoms with Crippen molar-refractivity contribution in [1.29, 1.82) is 0 Å². The van der Waals surface area contributed by atoms with Crippen molar-refractivity contribution in [1.82, 2.24) is 15.4 Å². The number of carbonyl (C=O) groups is 1. The van der Waals surface area contributed by atoms with Crippen LogP contribution in [0.4, 0.5) is 0 Å². The Kier molecular flexibility index (Phi) is 3.14. The number of Topliss-reactive ketones (excluding diaryl/α,β-unsaturated/α-hetero) is 1. The Balaban J connectivity index is 1.94. The molecule has 2 rings (SSSR count). The number of nitrogens with zero attached hydrogens (tertiary/aromatic N) is 2. The molecule has 0 atom stereocenters. The third kappa shape index (κ3) is 2.66. The summed E-state index contributed by atoms with van der Waals surface area (Å²) in [6.45, 7) is 0. The highest BCUT2D eigenvalue weighted by Crippen LogP contribution is 2.14. The summed E-state index contributed by atoms with van der Waals surface area (Å²) in [5.41, 5.74) is 0.730. The van der Waals surface area contributed by atoms with Gasteiger partial charge in [0.15, 0.2) is 5.78 Å². The van der Waals surface area contributed by atoms with Crippen molar-refractivity contribution < 1.29 is 4.79 Å². The summed E-state index contributed by atoms with van der Waals surface area (Å²) in [7, 11) is 0. The van der Waals surface area contributed by atoms with E-state index < -0.39 is 0 Å². The van der Waals surface area contributed by atoms with Crippen LogP contribution in [0, 0.1) is 0 Å². The predicted octanol–water partition coefficient (Wildman–Crippen LogP) is 1.78. The normalized spacial score (nSPS) is 10.1. The summed E-state index contributed by atoms with van der Waals surface area (Å²) in [4.78, 5) is 11.7. The molecule has 15 heavy (non-hydrogen) atoms. The Hall–Kier alpha value is -1.62. The lowest BCUT2D eigenvalue weighted by molar-refractivity contribution is 0.102. The molecule has 2 aromatic rings. The summed E-state index contributed by atoms with van der Waals surface area (Å²) >= 11 is 1.38. The van der Waals surface area contributed by atoms with Crippen LogP contribution >= 0.6 is 11.8 Å². The molecule has 0 bridgehead atoms. The van der Waals surface area contributed by atoms with Gasteiger partial charge in [-0.15, -0.1) is 5.10 Å². The van der Waals surface area contributed by atoms with Crippen molar-refractivity contribution in [2.24, 2.45) is 0 Å².